The molecule has 0 aromatic heterocycles. The summed E-state index contributed by atoms with van der Waals surface area (Å²) in [4.78, 5) is 12.0. The van der Waals surface area contributed by atoms with E-state index in [1.807, 2.05) is 7.05 Å². The topological polar surface area (TPSA) is 41.1 Å². The first-order valence-corrected chi connectivity index (χ1v) is 7.67. The van der Waals surface area contributed by atoms with Gasteiger partial charge in [0.25, 0.3) is 0 Å². The maximum atomic E-state index is 12.0. The summed E-state index contributed by atoms with van der Waals surface area (Å²) in [6.45, 7) is 0.724. The molecule has 19 heavy (non-hydrogen) atoms. The molecule has 2 N–H and O–H groups in total. The lowest BCUT2D eigenvalue weighted by Gasteiger charge is -2.31. The lowest BCUT2D eigenvalue weighted by atomic mass is 9.88. The van der Waals surface area contributed by atoms with E-state index >= 15 is 0 Å². The van der Waals surface area contributed by atoms with Crippen molar-refractivity contribution in [3.8, 4) is 0 Å². The fourth-order valence-corrected chi connectivity index (χ4v) is 3.07. The molecule has 1 fully saturated rings. The lowest BCUT2D eigenvalue weighted by Crippen LogP contribution is -2.44. The summed E-state index contributed by atoms with van der Waals surface area (Å²) >= 11 is 3.46. The van der Waals surface area contributed by atoms with E-state index in [1.54, 1.807) is 0 Å². The van der Waals surface area contributed by atoms with Crippen LogP contribution >= 0.6 is 15.9 Å². The predicted octanol–water partition coefficient (Wildman–Crippen LogP) is 2.94. The number of carbonyl (C=O) groups is 1. The third-order valence-electron chi connectivity index (χ3n) is 3.83. The van der Waals surface area contributed by atoms with Gasteiger partial charge in [-0.1, -0.05) is 40.9 Å². The monoisotopic (exact) mass is 324 g/mol. The SMILES string of the molecule is CNCCC(=O)NC1(c2ccc(Br)cc2)CCCC1. The van der Waals surface area contributed by atoms with Gasteiger partial charge in [-0.3, -0.25) is 4.79 Å². The largest absolute Gasteiger partial charge is 0.347 e. The van der Waals surface area contributed by atoms with Gasteiger partial charge in [0.2, 0.25) is 5.91 Å². The Hall–Kier alpha value is -0.870. The molecule has 0 unspecified atom stereocenters. The standard InChI is InChI=1S/C15H21BrN2O/c1-17-11-8-14(19)18-15(9-2-3-10-15)12-4-6-13(16)7-5-12/h4-7,17H,2-3,8-11H2,1H3,(H,18,19). The van der Waals surface area contributed by atoms with Gasteiger partial charge >= 0.3 is 0 Å². The third-order valence-corrected chi connectivity index (χ3v) is 4.36. The second-order valence-electron chi connectivity index (χ2n) is 5.20. The zero-order valence-electron chi connectivity index (χ0n) is 11.3. The smallest absolute Gasteiger partial charge is 0.221 e. The average molecular weight is 325 g/mol. The quantitative estimate of drug-likeness (QED) is 0.874. The van der Waals surface area contributed by atoms with Crippen LogP contribution in [0.2, 0.25) is 0 Å². The van der Waals surface area contributed by atoms with E-state index in [4.69, 9.17) is 0 Å². The van der Waals surface area contributed by atoms with E-state index in [2.05, 4.69) is 50.8 Å². The van der Waals surface area contributed by atoms with Crippen LogP contribution in [-0.4, -0.2) is 19.5 Å². The van der Waals surface area contributed by atoms with Crippen LogP contribution in [0.5, 0.6) is 0 Å². The van der Waals surface area contributed by atoms with Gasteiger partial charge < -0.3 is 10.6 Å². The minimum atomic E-state index is -0.147. The van der Waals surface area contributed by atoms with E-state index in [1.165, 1.54) is 18.4 Å². The molecule has 0 radical (unpaired) electrons. The molecule has 0 atom stereocenters. The van der Waals surface area contributed by atoms with Crippen molar-refractivity contribution < 1.29 is 4.79 Å². The molecule has 1 aromatic rings. The number of halogens is 1. The van der Waals surface area contributed by atoms with Crippen LogP contribution in [0.4, 0.5) is 0 Å². The summed E-state index contributed by atoms with van der Waals surface area (Å²) in [7, 11) is 1.87. The summed E-state index contributed by atoms with van der Waals surface area (Å²) in [6.07, 6.45) is 4.99. The highest BCUT2D eigenvalue weighted by molar-refractivity contribution is 9.10. The molecule has 1 saturated carbocycles. The third kappa shape index (κ3) is 3.57. The normalized spacial score (nSPS) is 17.4. The average Bonchev–Trinajstić information content (AvgIpc) is 2.86. The number of amides is 1. The van der Waals surface area contributed by atoms with Crippen molar-refractivity contribution in [3.63, 3.8) is 0 Å². The van der Waals surface area contributed by atoms with Gasteiger partial charge in [-0.2, -0.15) is 0 Å². The predicted molar refractivity (Wildman–Crippen MR) is 81.0 cm³/mol. The van der Waals surface area contributed by atoms with E-state index < -0.39 is 0 Å². The maximum absolute atomic E-state index is 12.0. The molecule has 0 heterocycles. The van der Waals surface area contributed by atoms with Gasteiger partial charge in [-0.25, -0.2) is 0 Å². The lowest BCUT2D eigenvalue weighted by molar-refractivity contribution is -0.123. The molecule has 0 bridgehead atoms. The van der Waals surface area contributed by atoms with Crippen LogP contribution in [0.1, 0.15) is 37.7 Å². The molecule has 2 rings (SSSR count). The van der Waals surface area contributed by atoms with Crippen molar-refractivity contribution in [2.75, 3.05) is 13.6 Å². The number of hydrogen-bond acceptors (Lipinski definition) is 2. The summed E-state index contributed by atoms with van der Waals surface area (Å²) in [5.74, 6) is 0.138. The number of nitrogens with one attached hydrogen (secondary N) is 2. The van der Waals surface area contributed by atoms with Crippen LogP contribution in [0.15, 0.2) is 28.7 Å². The van der Waals surface area contributed by atoms with Gasteiger partial charge in [0.15, 0.2) is 0 Å². The number of hydrogen-bond donors (Lipinski definition) is 2. The Balaban J connectivity index is 2.13. The second kappa shape index (κ2) is 6.53. The minimum Gasteiger partial charge on any atom is -0.347 e. The highest BCUT2D eigenvalue weighted by atomic mass is 79.9. The molecule has 4 heteroatoms. The van der Waals surface area contributed by atoms with Crippen molar-refractivity contribution >= 4 is 21.8 Å². The van der Waals surface area contributed by atoms with E-state index in [-0.39, 0.29) is 11.4 Å². The Morgan fingerprint density at radius 2 is 1.89 bits per heavy atom. The number of rotatable bonds is 5. The molecule has 0 aliphatic heterocycles. The molecule has 0 saturated heterocycles. The Bertz CT molecular complexity index is 424. The van der Waals surface area contributed by atoms with Crippen molar-refractivity contribution in [3.05, 3.63) is 34.3 Å². The fraction of sp³-hybridized carbons (Fsp3) is 0.533. The molecule has 1 aliphatic carbocycles. The number of carbonyl (C=O) groups excluding carboxylic acids is 1. The van der Waals surface area contributed by atoms with E-state index in [0.717, 1.165) is 23.9 Å². The van der Waals surface area contributed by atoms with Crippen molar-refractivity contribution in [2.45, 2.75) is 37.6 Å². The van der Waals surface area contributed by atoms with E-state index in [0.29, 0.717) is 6.42 Å². The maximum Gasteiger partial charge on any atom is 0.221 e. The molecule has 1 aliphatic rings. The van der Waals surface area contributed by atoms with Gasteiger partial charge in [0.1, 0.15) is 0 Å². The highest BCUT2D eigenvalue weighted by Crippen LogP contribution is 2.39. The molecule has 0 spiro atoms. The van der Waals surface area contributed by atoms with Crippen LogP contribution in [-0.2, 0) is 10.3 Å². The Labute approximate surface area is 123 Å². The van der Waals surface area contributed by atoms with Gasteiger partial charge in [0.05, 0.1) is 5.54 Å². The fourth-order valence-electron chi connectivity index (χ4n) is 2.80. The first-order valence-electron chi connectivity index (χ1n) is 6.88. The minimum absolute atomic E-state index is 0.138. The zero-order chi connectivity index (χ0) is 13.7. The molecule has 104 valence electrons. The molecule has 3 nitrogen and oxygen atoms in total. The van der Waals surface area contributed by atoms with E-state index in [9.17, 15) is 4.79 Å². The first-order chi connectivity index (χ1) is 9.16. The molecular formula is C15H21BrN2O. The first kappa shape index (κ1) is 14.5. The Kier molecular flexibility index (Phi) is 4.99. The van der Waals surface area contributed by atoms with Crippen LogP contribution in [0.25, 0.3) is 0 Å². The molecule has 1 amide bonds. The van der Waals surface area contributed by atoms with Crippen LogP contribution in [0.3, 0.4) is 0 Å². The van der Waals surface area contributed by atoms with Crippen LogP contribution < -0.4 is 10.6 Å². The van der Waals surface area contributed by atoms with Crippen molar-refractivity contribution in [2.24, 2.45) is 0 Å². The molecule has 1 aromatic carbocycles. The van der Waals surface area contributed by atoms with Gasteiger partial charge in [-0.15, -0.1) is 0 Å². The summed E-state index contributed by atoms with van der Waals surface area (Å²) in [5.41, 5.74) is 1.08. The zero-order valence-corrected chi connectivity index (χ0v) is 12.9. The van der Waals surface area contributed by atoms with Gasteiger partial charge in [-0.05, 0) is 37.6 Å². The summed E-state index contributed by atoms with van der Waals surface area (Å²) in [6, 6.07) is 8.34. The summed E-state index contributed by atoms with van der Waals surface area (Å²) < 4.78 is 1.07. The van der Waals surface area contributed by atoms with Crippen molar-refractivity contribution in [1.29, 1.82) is 0 Å². The van der Waals surface area contributed by atoms with Crippen LogP contribution in [0, 0.1) is 0 Å². The summed E-state index contributed by atoms with van der Waals surface area (Å²) in [5, 5.41) is 6.28. The Morgan fingerprint density at radius 1 is 1.26 bits per heavy atom. The van der Waals surface area contributed by atoms with Gasteiger partial charge in [0, 0.05) is 17.4 Å². The van der Waals surface area contributed by atoms with Crippen molar-refractivity contribution in [1.82, 2.24) is 10.6 Å². The second-order valence-corrected chi connectivity index (χ2v) is 6.11. The molecular weight excluding hydrogens is 304 g/mol. The Morgan fingerprint density at radius 3 is 2.47 bits per heavy atom. The highest BCUT2D eigenvalue weighted by Gasteiger charge is 2.36. The number of benzene rings is 1.